The highest BCUT2D eigenvalue weighted by Gasteiger charge is 2.17. The zero-order chi connectivity index (χ0) is 21.6. The van der Waals surface area contributed by atoms with Crippen molar-refractivity contribution >= 4 is 23.4 Å². The van der Waals surface area contributed by atoms with Gasteiger partial charge in [-0.2, -0.15) is 0 Å². The number of nitrogens with zero attached hydrogens (tertiary/aromatic N) is 4. The summed E-state index contributed by atoms with van der Waals surface area (Å²) in [5, 5.41) is 12.3. The van der Waals surface area contributed by atoms with Gasteiger partial charge in [0.2, 0.25) is 5.91 Å². The van der Waals surface area contributed by atoms with Gasteiger partial charge in [0.15, 0.2) is 11.0 Å². The average molecular weight is 430 g/mol. The number of aromatic nitrogens is 4. The van der Waals surface area contributed by atoms with Crippen LogP contribution in [0.2, 0.25) is 0 Å². The van der Waals surface area contributed by atoms with E-state index in [0.717, 1.165) is 16.9 Å². The number of hydrogen-bond donors (Lipinski definition) is 1. The molecule has 0 unspecified atom stereocenters. The van der Waals surface area contributed by atoms with Gasteiger partial charge in [0.05, 0.1) is 5.75 Å². The molecule has 31 heavy (non-hydrogen) atoms. The molecule has 6 nitrogen and oxygen atoms in total. The Kier molecular flexibility index (Phi) is 6.43. The number of carbonyl (C=O) groups excluding carboxylic acids is 1. The molecule has 2 aromatic heterocycles. The van der Waals surface area contributed by atoms with E-state index < -0.39 is 0 Å². The molecule has 0 spiro atoms. The highest BCUT2D eigenvalue weighted by atomic mass is 32.2. The van der Waals surface area contributed by atoms with Crippen molar-refractivity contribution in [2.75, 3.05) is 11.1 Å². The number of benzene rings is 2. The van der Waals surface area contributed by atoms with Crippen LogP contribution in [-0.4, -0.2) is 31.4 Å². The fourth-order valence-electron chi connectivity index (χ4n) is 3.14. The quantitative estimate of drug-likeness (QED) is 0.410. The zero-order valence-corrected chi connectivity index (χ0v) is 18.2. The molecular formula is C24H23N5OS. The number of hydrogen-bond acceptors (Lipinski definition) is 5. The first kappa shape index (κ1) is 20.8. The van der Waals surface area contributed by atoms with Crippen molar-refractivity contribution in [2.45, 2.75) is 24.9 Å². The Morgan fingerprint density at radius 1 is 0.968 bits per heavy atom. The molecule has 2 aromatic carbocycles. The second-order valence-corrected chi connectivity index (χ2v) is 8.27. The predicted octanol–water partition coefficient (Wildman–Crippen LogP) is 5.18. The van der Waals surface area contributed by atoms with E-state index >= 15 is 0 Å². The largest absolute Gasteiger partial charge is 0.325 e. The van der Waals surface area contributed by atoms with E-state index in [-0.39, 0.29) is 11.7 Å². The molecule has 1 N–H and O–H groups in total. The molecule has 0 fully saturated rings. The topological polar surface area (TPSA) is 72.7 Å². The van der Waals surface area contributed by atoms with Gasteiger partial charge in [-0.05, 0) is 47.9 Å². The second kappa shape index (κ2) is 9.57. The Morgan fingerprint density at radius 3 is 2.35 bits per heavy atom. The molecule has 0 aliphatic heterocycles. The molecule has 0 bridgehead atoms. The van der Waals surface area contributed by atoms with Crippen molar-refractivity contribution in [1.82, 2.24) is 19.7 Å². The molecule has 1 amide bonds. The molecule has 0 radical (unpaired) electrons. The lowest BCUT2D eigenvalue weighted by Crippen LogP contribution is -2.14. The lowest BCUT2D eigenvalue weighted by Gasteiger charge is -2.11. The maximum absolute atomic E-state index is 12.5. The van der Waals surface area contributed by atoms with E-state index in [1.807, 2.05) is 71.3 Å². The van der Waals surface area contributed by atoms with Crippen LogP contribution in [0.1, 0.15) is 25.3 Å². The van der Waals surface area contributed by atoms with Crippen LogP contribution in [0.15, 0.2) is 84.3 Å². The fraction of sp³-hybridized carbons (Fsp3) is 0.167. The van der Waals surface area contributed by atoms with E-state index in [0.29, 0.717) is 16.9 Å². The number of carbonyl (C=O) groups is 1. The monoisotopic (exact) mass is 429 g/mol. The Hall–Kier alpha value is -3.45. The van der Waals surface area contributed by atoms with Gasteiger partial charge < -0.3 is 5.32 Å². The standard InChI is InChI=1S/C24H23N5OS/c1-17(2)18-8-10-20(11-9-18)26-22(30)16-31-24-28-27-23(19-12-14-25-15-13-19)29(24)21-6-4-3-5-7-21/h3-15,17H,16H2,1-2H3,(H,26,30). The smallest absolute Gasteiger partial charge is 0.234 e. The van der Waals surface area contributed by atoms with E-state index in [1.165, 1.54) is 17.3 Å². The number of nitrogens with one attached hydrogen (secondary N) is 1. The first-order valence-electron chi connectivity index (χ1n) is 10.1. The van der Waals surface area contributed by atoms with Crippen LogP contribution >= 0.6 is 11.8 Å². The van der Waals surface area contributed by atoms with Gasteiger partial charge in [0.25, 0.3) is 0 Å². The van der Waals surface area contributed by atoms with Gasteiger partial charge in [-0.25, -0.2) is 0 Å². The summed E-state index contributed by atoms with van der Waals surface area (Å²) in [6.45, 7) is 4.29. The molecule has 4 aromatic rings. The Morgan fingerprint density at radius 2 is 1.68 bits per heavy atom. The zero-order valence-electron chi connectivity index (χ0n) is 17.4. The third kappa shape index (κ3) is 5.00. The third-order valence-electron chi connectivity index (χ3n) is 4.78. The summed E-state index contributed by atoms with van der Waals surface area (Å²) in [6, 6.07) is 21.6. The van der Waals surface area contributed by atoms with Crippen molar-refractivity contribution in [1.29, 1.82) is 0 Å². The van der Waals surface area contributed by atoms with Crippen LogP contribution in [0.4, 0.5) is 5.69 Å². The third-order valence-corrected chi connectivity index (χ3v) is 5.71. The number of pyridine rings is 1. The summed E-state index contributed by atoms with van der Waals surface area (Å²) in [5.74, 6) is 1.31. The summed E-state index contributed by atoms with van der Waals surface area (Å²) >= 11 is 1.35. The minimum Gasteiger partial charge on any atom is -0.325 e. The van der Waals surface area contributed by atoms with E-state index in [1.54, 1.807) is 12.4 Å². The van der Waals surface area contributed by atoms with Crippen LogP contribution in [-0.2, 0) is 4.79 Å². The van der Waals surface area contributed by atoms with Crippen LogP contribution in [0.5, 0.6) is 0 Å². The van der Waals surface area contributed by atoms with Crippen LogP contribution < -0.4 is 5.32 Å². The number of para-hydroxylation sites is 1. The first-order valence-corrected chi connectivity index (χ1v) is 11.0. The molecule has 0 aliphatic carbocycles. The molecule has 2 heterocycles. The van der Waals surface area contributed by atoms with Crippen LogP contribution in [0.25, 0.3) is 17.1 Å². The van der Waals surface area contributed by atoms with Gasteiger partial charge in [0.1, 0.15) is 0 Å². The Labute approximate surface area is 185 Å². The number of rotatable bonds is 7. The molecule has 4 rings (SSSR count). The fourth-order valence-corrected chi connectivity index (χ4v) is 3.89. The van der Waals surface area contributed by atoms with Gasteiger partial charge in [-0.15, -0.1) is 10.2 Å². The van der Waals surface area contributed by atoms with Gasteiger partial charge >= 0.3 is 0 Å². The second-order valence-electron chi connectivity index (χ2n) is 7.33. The van der Waals surface area contributed by atoms with Crippen molar-refractivity contribution in [3.8, 4) is 17.1 Å². The van der Waals surface area contributed by atoms with Crippen LogP contribution in [0.3, 0.4) is 0 Å². The van der Waals surface area contributed by atoms with E-state index in [2.05, 4.69) is 34.3 Å². The van der Waals surface area contributed by atoms with Crippen molar-refractivity contribution in [3.05, 3.63) is 84.7 Å². The normalized spacial score (nSPS) is 10.9. The van der Waals surface area contributed by atoms with Gasteiger partial charge in [-0.1, -0.05) is 55.9 Å². The summed E-state index contributed by atoms with van der Waals surface area (Å²) in [6.07, 6.45) is 3.45. The minimum atomic E-state index is -0.0876. The van der Waals surface area contributed by atoms with Gasteiger partial charge in [0, 0.05) is 29.3 Å². The first-order chi connectivity index (χ1) is 15.1. The Balaban J connectivity index is 1.52. The molecule has 7 heteroatoms. The lowest BCUT2D eigenvalue weighted by molar-refractivity contribution is -0.113. The summed E-state index contributed by atoms with van der Waals surface area (Å²) in [4.78, 5) is 16.6. The number of amides is 1. The number of anilines is 1. The molecular weight excluding hydrogens is 406 g/mol. The number of thioether (sulfide) groups is 1. The molecule has 0 atom stereocenters. The van der Waals surface area contributed by atoms with E-state index in [4.69, 9.17) is 0 Å². The SMILES string of the molecule is CC(C)c1ccc(NC(=O)CSc2nnc(-c3ccncc3)n2-c2ccccc2)cc1. The molecule has 156 valence electrons. The molecule has 0 aliphatic rings. The maximum atomic E-state index is 12.5. The van der Waals surface area contributed by atoms with Crippen molar-refractivity contribution < 1.29 is 4.79 Å². The van der Waals surface area contributed by atoms with E-state index in [9.17, 15) is 4.79 Å². The summed E-state index contributed by atoms with van der Waals surface area (Å²) in [5.41, 5.74) is 3.88. The van der Waals surface area contributed by atoms with Crippen molar-refractivity contribution in [2.24, 2.45) is 0 Å². The van der Waals surface area contributed by atoms with Crippen molar-refractivity contribution in [3.63, 3.8) is 0 Å². The summed E-state index contributed by atoms with van der Waals surface area (Å²) < 4.78 is 1.96. The highest BCUT2D eigenvalue weighted by molar-refractivity contribution is 7.99. The highest BCUT2D eigenvalue weighted by Crippen LogP contribution is 2.27. The average Bonchev–Trinajstić information content (AvgIpc) is 3.23. The molecule has 0 saturated heterocycles. The maximum Gasteiger partial charge on any atom is 0.234 e. The Bertz CT molecular complexity index is 1140. The van der Waals surface area contributed by atoms with Crippen LogP contribution in [0, 0.1) is 0 Å². The van der Waals surface area contributed by atoms with Gasteiger partial charge in [-0.3, -0.25) is 14.3 Å². The predicted molar refractivity (Wildman–Crippen MR) is 124 cm³/mol. The molecule has 0 saturated carbocycles. The summed E-state index contributed by atoms with van der Waals surface area (Å²) in [7, 11) is 0. The lowest BCUT2D eigenvalue weighted by atomic mass is 10.0. The minimum absolute atomic E-state index is 0.0876.